The molecule has 0 spiro atoms. The minimum atomic E-state index is -0.848. The number of nitrogens with one attached hydrogen (secondary N) is 1. The molecule has 1 aliphatic carbocycles. The van der Waals surface area contributed by atoms with Gasteiger partial charge in [-0.25, -0.2) is 13.8 Å². The van der Waals surface area contributed by atoms with Crippen LogP contribution in [0.3, 0.4) is 0 Å². The molecule has 10 heteroatoms. The van der Waals surface area contributed by atoms with Crippen LogP contribution in [0.4, 0.5) is 19.5 Å². The van der Waals surface area contributed by atoms with Crippen LogP contribution in [0, 0.1) is 17.6 Å². The molecular formula is C25H29F2N5O2S. The Bertz CT molecular complexity index is 1200. The van der Waals surface area contributed by atoms with E-state index in [1.165, 1.54) is 0 Å². The van der Waals surface area contributed by atoms with Gasteiger partial charge in [-0.05, 0) is 56.6 Å². The summed E-state index contributed by atoms with van der Waals surface area (Å²) < 4.78 is 34.9. The molecule has 1 amide bonds. The summed E-state index contributed by atoms with van der Waals surface area (Å²) in [5, 5.41) is 2.86. The van der Waals surface area contributed by atoms with Gasteiger partial charge in [-0.3, -0.25) is 9.78 Å². The van der Waals surface area contributed by atoms with Crippen molar-refractivity contribution in [3.8, 4) is 16.3 Å². The lowest BCUT2D eigenvalue weighted by atomic mass is 9.76. The molecule has 7 nitrogen and oxygen atoms in total. The maximum Gasteiger partial charge on any atom is 0.277 e. The van der Waals surface area contributed by atoms with Crippen molar-refractivity contribution in [1.29, 1.82) is 0 Å². The number of benzene rings is 1. The Morgan fingerprint density at radius 1 is 1.23 bits per heavy atom. The molecule has 1 fully saturated rings. The molecular weight excluding hydrogens is 472 g/mol. The van der Waals surface area contributed by atoms with E-state index in [1.807, 2.05) is 6.07 Å². The summed E-state index contributed by atoms with van der Waals surface area (Å²) in [7, 11) is 0. The van der Waals surface area contributed by atoms with Crippen LogP contribution in [-0.4, -0.2) is 28.0 Å². The molecule has 0 unspecified atom stereocenters. The third-order valence-electron chi connectivity index (χ3n) is 5.99. The zero-order chi connectivity index (χ0) is 25.3. The monoisotopic (exact) mass is 501 g/mol. The van der Waals surface area contributed by atoms with E-state index in [1.54, 1.807) is 26.2 Å². The molecule has 2 heterocycles. The van der Waals surface area contributed by atoms with Gasteiger partial charge in [0.1, 0.15) is 27.4 Å². The average molecular weight is 502 g/mol. The number of carbonyl (C=O) groups is 1. The summed E-state index contributed by atoms with van der Waals surface area (Å²) >= 11 is 0.840. The lowest BCUT2D eigenvalue weighted by molar-refractivity contribution is 0.102. The zero-order valence-corrected chi connectivity index (χ0v) is 20.7. The summed E-state index contributed by atoms with van der Waals surface area (Å²) in [4.78, 5) is 21.4. The first-order valence-electron chi connectivity index (χ1n) is 11.6. The number of thiazole rings is 1. The predicted molar refractivity (Wildman–Crippen MR) is 134 cm³/mol. The highest BCUT2D eigenvalue weighted by molar-refractivity contribution is 7.19. The number of nitrogens with zero attached hydrogens (tertiary/aromatic N) is 2. The van der Waals surface area contributed by atoms with Crippen LogP contribution < -0.4 is 21.5 Å². The van der Waals surface area contributed by atoms with Crippen molar-refractivity contribution in [2.75, 3.05) is 11.1 Å². The van der Waals surface area contributed by atoms with Gasteiger partial charge in [0.05, 0.1) is 23.6 Å². The Labute approximate surface area is 206 Å². The molecule has 4 rings (SSSR count). The third-order valence-corrected chi connectivity index (χ3v) is 6.89. The first-order valence-corrected chi connectivity index (χ1v) is 12.4. The fourth-order valence-electron chi connectivity index (χ4n) is 4.65. The molecule has 2 aromatic heterocycles. The number of nitrogen functional groups attached to an aromatic ring is 1. The van der Waals surface area contributed by atoms with Crippen LogP contribution >= 0.6 is 11.3 Å². The fourth-order valence-corrected chi connectivity index (χ4v) is 5.53. The maximum atomic E-state index is 14.7. The number of pyridine rings is 1. The molecule has 1 aliphatic rings. The molecule has 3 atom stereocenters. The summed E-state index contributed by atoms with van der Waals surface area (Å²) in [6.07, 6.45) is 5.76. The molecule has 1 aromatic carbocycles. The molecule has 0 saturated heterocycles. The van der Waals surface area contributed by atoms with E-state index in [0.717, 1.165) is 48.3 Å². The van der Waals surface area contributed by atoms with E-state index in [9.17, 15) is 13.6 Å². The SMILES string of the molecule is CC(C)Oc1cc(F)c(-c2nc(C(=O)Nc3cnccc3[C@@H]3C[C@H](C)C[C@H](N)C3)c(N)s2)c(F)c1. The van der Waals surface area contributed by atoms with Crippen molar-refractivity contribution in [3.05, 3.63) is 53.5 Å². The molecule has 0 bridgehead atoms. The number of hydrogen-bond acceptors (Lipinski definition) is 7. The molecule has 5 N–H and O–H groups in total. The van der Waals surface area contributed by atoms with Gasteiger partial charge in [-0.1, -0.05) is 18.3 Å². The van der Waals surface area contributed by atoms with Crippen LogP contribution in [0.1, 0.15) is 62.0 Å². The van der Waals surface area contributed by atoms with E-state index >= 15 is 0 Å². The van der Waals surface area contributed by atoms with Crippen molar-refractivity contribution < 1.29 is 18.3 Å². The van der Waals surface area contributed by atoms with Gasteiger partial charge >= 0.3 is 0 Å². The summed E-state index contributed by atoms with van der Waals surface area (Å²) in [6.45, 7) is 5.68. The Morgan fingerprint density at radius 2 is 1.94 bits per heavy atom. The molecule has 3 aromatic rings. The largest absolute Gasteiger partial charge is 0.491 e. The lowest BCUT2D eigenvalue weighted by Crippen LogP contribution is -2.31. The van der Waals surface area contributed by atoms with Gasteiger partial charge in [0.15, 0.2) is 5.69 Å². The van der Waals surface area contributed by atoms with Gasteiger partial charge in [0.2, 0.25) is 0 Å². The van der Waals surface area contributed by atoms with Gasteiger partial charge in [0, 0.05) is 24.4 Å². The Kier molecular flexibility index (Phi) is 7.32. The molecule has 186 valence electrons. The highest BCUT2D eigenvalue weighted by atomic mass is 32.1. The molecule has 1 saturated carbocycles. The Balaban J connectivity index is 1.59. The Hall–Kier alpha value is -3.11. The maximum absolute atomic E-state index is 14.7. The first-order chi connectivity index (χ1) is 16.6. The van der Waals surface area contributed by atoms with Crippen LogP contribution in [-0.2, 0) is 0 Å². The minimum absolute atomic E-state index is 0.0303. The van der Waals surface area contributed by atoms with Crippen molar-refractivity contribution >= 4 is 27.9 Å². The van der Waals surface area contributed by atoms with Gasteiger partial charge < -0.3 is 21.5 Å². The van der Waals surface area contributed by atoms with Crippen molar-refractivity contribution in [2.24, 2.45) is 11.7 Å². The third kappa shape index (κ3) is 5.59. The van der Waals surface area contributed by atoms with E-state index in [4.69, 9.17) is 16.2 Å². The highest BCUT2D eigenvalue weighted by Crippen LogP contribution is 2.39. The number of hydrogen-bond donors (Lipinski definition) is 3. The second-order valence-electron chi connectivity index (χ2n) is 9.35. The number of aromatic nitrogens is 2. The smallest absolute Gasteiger partial charge is 0.277 e. The van der Waals surface area contributed by atoms with Gasteiger partial charge in [-0.15, -0.1) is 0 Å². The number of amides is 1. The van der Waals surface area contributed by atoms with E-state index in [-0.39, 0.29) is 45.1 Å². The van der Waals surface area contributed by atoms with E-state index < -0.39 is 17.5 Å². The fraction of sp³-hybridized carbons (Fsp3) is 0.400. The standard InChI is InChI=1S/C25H29F2N5O2S/c1-12(2)34-16-9-18(26)21(19(27)10-16)25-32-22(23(29)35-25)24(33)31-20-11-30-5-4-17(20)14-6-13(3)7-15(28)8-14/h4-5,9-15H,6-8,28-29H2,1-3H3,(H,31,33)/t13-,14+,15-/m0/s1. The van der Waals surface area contributed by atoms with Crippen molar-refractivity contribution in [1.82, 2.24) is 9.97 Å². The lowest BCUT2D eigenvalue weighted by Gasteiger charge is -2.32. The average Bonchev–Trinajstić information content (AvgIpc) is 3.13. The summed E-state index contributed by atoms with van der Waals surface area (Å²) in [5.74, 6) is -1.54. The van der Waals surface area contributed by atoms with E-state index in [2.05, 4.69) is 22.2 Å². The second-order valence-corrected chi connectivity index (χ2v) is 10.4. The minimum Gasteiger partial charge on any atom is -0.491 e. The number of carbonyl (C=O) groups excluding carboxylic acids is 1. The zero-order valence-electron chi connectivity index (χ0n) is 19.8. The predicted octanol–water partition coefficient (Wildman–Crippen LogP) is 5.34. The molecule has 0 aliphatic heterocycles. The summed E-state index contributed by atoms with van der Waals surface area (Å²) in [6, 6.07) is 4.16. The number of anilines is 2. The number of nitrogens with two attached hydrogens (primary N) is 2. The molecule has 0 radical (unpaired) electrons. The topological polar surface area (TPSA) is 116 Å². The Morgan fingerprint density at radius 3 is 2.60 bits per heavy atom. The summed E-state index contributed by atoms with van der Waals surface area (Å²) in [5.41, 5.74) is 13.3. The van der Waals surface area contributed by atoms with E-state index in [0.29, 0.717) is 11.6 Å². The van der Waals surface area contributed by atoms with Crippen molar-refractivity contribution in [2.45, 2.75) is 58.1 Å². The molecule has 35 heavy (non-hydrogen) atoms. The van der Waals surface area contributed by atoms with Crippen LogP contribution in [0.25, 0.3) is 10.6 Å². The number of ether oxygens (including phenoxy) is 1. The van der Waals surface area contributed by atoms with Crippen LogP contribution in [0.2, 0.25) is 0 Å². The quantitative estimate of drug-likeness (QED) is 0.420. The normalized spacial score (nSPS) is 20.1. The number of halogens is 2. The van der Waals surface area contributed by atoms with Crippen LogP contribution in [0.5, 0.6) is 5.75 Å². The van der Waals surface area contributed by atoms with Gasteiger partial charge in [-0.2, -0.15) is 0 Å². The highest BCUT2D eigenvalue weighted by Gasteiger charge is 2.28. The second kappa shape index (κ2) is 10.2. The van der Waals surface area contributed by atoms with Crippen LogP contribution in [0.15, 0.2) is 30.6 Å². The van der Waals surface area contributed by atoms with Crippen molar-refractivity contribution in [3.63, 3.8) is 0 Å². The van der Waals surface area contributed by atoms with Gasteiger partial charge in [0.25, 0.3) is 5.91 Å². The first kappa shape index (κ1) is 25.0. The number of rotatable bonds is 6.